The summed E-state index contributed by atoms with van der Waals surface area (Å²) >= 11 is 0. The van der Waals surface area contributed by atoms with Gasteiger partial charge in [0.05, 0.1) is 12.3 Å². The van der Waals surface area contributed by atoms with Gasteiger partial charge < -0.3 is 15.3 Å². The fourth-order valence-electron chi connectivity index (χ4n) is 0.734. The van der Waals surface area contributed by atoms with Crippen LogP contribution in [0.2, 0.25) is 0 Å². The highest BCUT2D eigenvalue weighted by Crippen LogP contribution is 2.13. The Bertz CT molecular complexity index is 225. The fraction of sp³-hybridized carbons (Fsp3) is 0.571. The lowest BCUT2D eigenvalue weighted by atomic mass is 10.3. The maximum Gasteiger partial charge on any atom is 0.213 e. The van der Waals surface area contributed by atoms with E-state index in [-0.39, 0.29) is 6.61 Å². The normalized spacial score (nSPS) is 13.5. The van der Waals surface area contributed by atoms with E-state index in [2.05, 4.69) is 4.98 Å². The first kappa shape index (κ1) is 8.23. The Morgan fingerprint density at radius 2 is 2.27 bits per heavy atom. The van der Waals surface area contributed by atoms with E-state index in [1.807, 2.05) is 13.8 Å². The van der Waals surface area contributed by atoms with E-state index in [4.69, 9.17) is 15.3 Å². The average Bonchev–Trinajstić information content (AvgIpc) is 2.31. The molecule has 0 bridgehead atoms. The lowest BCUT2D eigenvalue weighted by Gasteiger charge is -1.99. The van der Waals surface area contributed by atoms with Crippen LogP contribution < -0.4 is 5.73 Å². The summed E-state index contributed by atoms with van der Waals surface area (Å²) < 4.78 is 5.17. The second-order valence-corrected chi connectivity index (χ2v) is 2.48. The number of nitrogens with zero attached hydrogens (tertiary/aromatic N) is 1. The molecular weight excluding hydrogens is 144 g/mol. The van der Waals surface area contributed by atoms with Gasteiger partial charge in [-0.15, -0.1) is 0 Å². The number of aryl methyl sites for hydroxylation is 2. The van der Waals surface area contributed by atoms with Crippen molar-refractivity contribution < 1.29 is 9.52 Å². The summed E-state index contributed by atoms with van der Waals surface area (Å²) in [5, 5.41) is 8.66. The average molecular weight is 156 g/mol. The fourth-order valence-corrected chi connectivity index (χ4v) is 0.734. The molecule has 0 saturated carbocycles. The predicted octanol–water partition coefficient (Wildman–Crippen LogP) is 0.284. The first-order valence-corrected chi connectivity index (χ1v) is 3.45. The first-order valence-electron chi connectivity index (χ1n) is 3.45. The zero-order chi connectivity index (χ0) is 8.43. The number of nitrogens with two attached hydrogens (primary N) is 1. The smallest absolute Gasteiger partial charge is 0.213 e. The monoisotopic (exact) mass is 156 g/mol. The van der Waals surface area contributed by atoms with Gasteiger partial charge in [-0.25, -0.2) is 4.98 Å². The molecule has 11 heavy (non-hydrogen) atoms. The second kappa shape index (κ2) is 3.02. The Balaban J connectivity index is 2.88. The molecule has 1 heterocycles. The zero-order valence-electron chi connectivity index (χ0n) is 6.66. The van der Waals surface area contributed by atoms with Crippen molar-refractivity contribution in [3.63, 3.8) is 0 Å². The zero-order valence-corrected chi connectivity index (χ0v) is 6.66. The van der Waals surface area contributed by atoms with Gasteiger partial charge in [0, 0.05) is 0 Å². The van der Waals surface area contributed by atoms with Gasteiger partial charge in [-0.1, -0.05) is 0 Å². The Morgan fingerprint density at radius 1 is 1.64 bits per heavy atom. The van der Waals surface area contributed by atoms with Crippen LogP contribution in [0.4, 0.5) is 0 Å². The summed E-state index contributed by atoms with van der Waals surface area (Å²) in [6.45, 7) is 3.52. The molecule has 1 aromatic heterocycles. The molecule has 0 spiro atoms. The van der Waals surface area contributed by atoms with Crippen LogP contribution in [0.5, 0.6) is 0 Å². The number of aliphatic hydroxyl groups excluding tert-OH is 1. The molecule has 3 N–H and O–H groups in total. The predicted molar refractivity (Wildman–Crippen MR) is 40.0 cm³/mol. The molecule has 0 aliphatic rings. The minimum Gasteiger partial charge on any atom is -0.444 e. The molecule has 0 aromatic carbocycles. The SMILES string of the molecule is Cc1nc(C(N)CO)oc1C. The Labute approximate surface area is 65.0 Å². The molecule has 62 valence electrons. The van der Waals surface area contributed by atoms with Crippen molar-refractivity contribution in [2.24, 2.45) is 5.73 Å². The highest BCUT2D eigenvalue weighted by atomic mass is 16.4. The summed E-state index contributed by atoms with van der Waals surface area (Å²) in [5.41, 5.74) is 6.29. The Kier molecular flexibility index (Phi) is 2.26. The van der Waals surface area contributed by atoms with E-state index in [1.54, 1.807) is 0 Å². The molecular formula is C7H12N2O2. The number of oxazole rings is 1. The van der Waals surface area contributed by atoms with Gasteiger partial charge in [0.1, 0.15) is 11.8 Å². The van der Waals surface area contributed by atoms with Crippen LogP contribution in [-0.4, -0.2) is 16.7 Å². The van der Waals surface area contributed by atoms with E-state index in [0.29, 0.717) is 5.89 Å². The Morgan fingerprint density at radius 3 is 2.64 bits per heavy atom. The molecule has 4 heteroatoms. The van der Waals surface area contributed by atoms with Gasteiger partial charge in [0.15, 0.2) is 0 Å². The molecule has 0 amide bonds. The molecule has 1 atom stereocenters. The topological polar surface area (TPSA) is 72.3 Å². The van der Waals surface area contributed by atoms with E-state index in [9.17, 15) is 0 Å². The molecule has 0 radical (unpaired) electrons. The van der Waals surface area contributed by atoms with Gasteiger partial charge >= 0.3 is 0 Å². The molecule has 4 nitrogen and oxygen atoms in total. The van der Waals surface area contributed by atoms with Gasteiger partial charge in [-0.2, -0.15) is 0 Å². The lowest BCUT2D eigenvalue weighted by molar-refractivity contribution is 0.246. The maximum absolute atomic E-state index is 8.66. The molecule has 0 fully saturated rings. The molecule has 1 rings (SSSR count). The van der Waals surface area contributed by atoms with Crippen molar-refractivity contribution in [1.29, 1.82) is 0 Å². The lowest BCUT2D eigenvalue weighted by Crippen LogP contribution is -2.14. The van der Waals surface area contributed by atoms with Gasteiger partial charge in [0.2, 0.25) is 5.89 Å². The van der Waals surface area contributed by atoms with Gasteiger partial charge in [0.25, 0.3) is 0 Å². The maximum atomic E-state index is 8.66. The summed E-state index contributed by atoms with van der Waals surface area (Å²) in [6, 6.07) is -0.498. The Hall–Kier alpha value is -0.870. The molecule has 0 aliphatic carbocycles. The highest BCUT2D eigenvalue weighted by molar-refractivity contribution is 5.07. The van der Waals surface area contributed by atoms with Crippen LogP contribution in [0.25, 0.3) is 0 Å². The molecule has 0 aliphatic heterocycles. The van der Waals surface area contributed by atoms with Crippen molar-refractivity contribution in [3.05, 3.63) is 17.3 Å². The summed E-state index contributed by atoms with van der Waals surface area (Å²) in [4.78, 5) is 4.03. The minimum atomic E-state index is -0.498. The third kappa shape index (κ3) is 1.58. The quantitative estimate of drug-likeness (QED) is 0.645. The van der Waals surface area contributed by atoms with E-state index in [0.717, 1.165) is 11.5 Å². The summed E-state index contributed by atoms with van der Waals surface area (Å²) in [7, 11) is 0. The number of hydrogen-bond acceptors (Lipinski definition) is 4. The largest absolute Gasteiger partial charge is 0.444 e. The van der Waals surface area contributed by atoms with Crippen molar-refractivity contribution in [1.82, 2.24) is 4.98 Å². The van der Waals surface area contributed by atoms with E-state index in [1.165, 1.54) is 0 Å². The molecule has 1 aromatic rings. The van der Waals surface area contributed by atoms with Crippen molar-refractivity contribution in [2.45, 2.75) is 19.9 Å². The number of hydrogen-bond donors (Lipinski definition) is 2. The van der Waals surface area contributed by atoms with Crippen LogP contribution >= 0.6 is 0 Å². The van der Waals surface area contributed by atoms with E-state index < -0.39 is 6.04 Å². The second-order valence-electron chi connectivity index (χ2n) is 2.48. The van der Waals surface area contributed by atoms with Crippen molar-refractivity contribution in [3.8, 4) is 0 Å². The first-order chi connectivity index (χ1) is 5.15. The van der Waals surface area contributed by atoms with Crippen LogP contribution in [0.1, 0.15) is 23.4 Å². The third-order valence-corrected chi connectivity index (χ3v) is 1.56. The van der Waals surface area contributed by atoms with Gasteiger partial charge in [-0.05, 0) is 13.8 Å². The highest BCUT2D eigenvalue weighted by Gasteiger charge is 2.12. The summed E-state index contributed by atoms with van der Waals surface area (Å²) in [5.74, 6) is 1.16. The number of aromatic nitrogens is 1. The third-order valence-electron chi connectivity index (χ3n) is 1.56. The van der Waals surface area contributed by atoms with Gasteiger partial charge in [-0.3, -0.25) is 0 Å². The summed E-state index contributed by atoms with van der Waals surface area (Å²) in [6.07, 6.45) is 0. The van der Waals surface area contributed by atoms with Crippen LogP contribution in [0.3, 0.4) is 0 Å². The molecule has 1 unspecified atom stereocenters. The standard InChI is InChI=1S/C7H12N2O2/c1-4-5(2)11-7(9-4)6(8)3-10/h6,10H,3,8H2,1-2H3. The molecule has 0 saturated heterocycles. The van der Waals surface area contributed by atoms with Crippen LogP contribution in [0.15, 0.2) is 4.42 Å². The number of rotatable bonds is 2. The van der Waals surface area contributed by atoms with Crippen molar-refractivity contribution in [2.75, 3.05) is 6.61 Å². The van der Waals surface area contributed by atoms with Crippen molar-refractivity contribution >= 4 is 0 Å². The van der Waals surface area contributed by atoms with Crippen LogP contribution in [0, 0.1) is 13.8 Å². The minimum absolute atomic E-state index is 0.139. The van der Waals surface area contributed by atoms with Crippen LogP contribution in [-0.2, 0) is 0 Å². The number of aliphatic hydroxyl groups is 1. The van der Waals surface area contributed by atoms with E-state index >= 15 is 0 Å².